The predicted molar refractivity (Wildman–Crippen MR) is 126 cm³/mol. The highest BCUT2D eigenvalue weighted by Gasteiger charge is 2.19. The number of rotatable bonds is 7. The van der Waals surface area contributed by atoms with Gasteiger partial charge in [0.2, 0.25) is 0 Å². The summed E-state index contributed by atoms with van der Waals surface area (Å²) in [6, 6.07) is 13.6. The van der Waals surface area contributed by atoms with Gasteiger partial charge in [0.15, 0.2) is 6.61 Å². The van der Waals surface area contributed by atoms with Crippen molar-refractivity contribution in [2.45, 2.75) is 40.0 Å². The summed E-state index contributed by atoms with van der Waals surface area (Å²) in [7, 11) is 0. The number of hydrogen-bond donors (Lipinski definition) is 1. The molecule has 0 saturated heterocycles. The normalized spacial score (nSPS) is 11.5. The minimum atomic E-state index is -0.755. The average Bonchev–Trinajstić information content (AvgIpc) is 2.75. The molecule has 33 heavy (non-hydrogen) atoms. The summed E-state index contributed by atoms with van der Waals surface area (Å²) in [4.78, 5) is 36.8. The molecule has 0 aliphatic carbocycles. The van der Waals surface area contributed by atoms with Crippen LogP contribution >= 0.6 is 0 Å². The van der Waals surface area contributed by atoms with Gasteiger partial charge < -0.3 is 19.2 Å². The van der Waals surface area contributed by atoms with Gasteiger partial charge in [-0.2, -0.15) is 0 Å². The van der Waals surface area contributed by atoms with Gasteiger partial charge in [0.25, 0.3) is 5.91 Å². The van der Waals surface area contributed by atoms with Crippen LogP contribution in [0, 0.1) is 5.92 Å². The zero-order valence-electron chi connectivity index (χ0n) is 19.6. The molecule has 1 heterocycles. The van der Waals surface area contributed by atoms with E-state index in [9.17, 15) is 14.4 Å². The van der Waals surface area contributed by atoms with Crippen LogP contribution in [0.5, 0.6) is 11.5 Å². The molecule has 0 spiro atoms. The van der Waals surface area contributed by atoms with E-state index in [1.807, 2.05) is 38.1 Å². The van der Waals surface area contributed by atoms with Crippen LogP contribution in [0.4, 0.5) is 0 Å². The molecule has 3 rings (SSSR count). The van der Waals surface area contributed by atoms with Crippen LogP contribution in [0.2, 0.25) is 0 Å². The molecule has 2 aromatic carbocycles. The molecule has 0 unspecified atom stereocenters. The molecule has 0 atom stereocenters. The maximum Gasteiger partial charge on any atom is 0.349 e. The van der Waals surface area contributed by atoms with E-state index in [2.05, 4.69) is 26.1 Å². The lowest BCUT2D eigenvalue weighted by Gasteiger charge is -2.22. The zero-order chi connectivity index (χ0) is 24.2. The molecule has 7 heteroatoms. The average molecular weight is 452 g/mol. The summed E-state index contributed by atoms with van der Waals surface area (Å²) in [5.41, 5.74) is 0.234. The first-order valence-corrected chi connectivity index (χ1v) is 10.8. The summed E-state index contributed by atoms with van der Waals surface area (Å²) in [6.07, 6.45) is 0. The van der Waals surface area contributed by atoms with Crippen LogP contribution < -0.4 is 20.4 Å². The lowest BCUT2D eigenvalue weighted by Crippen LogP contribution is -2.31. The molecule has 0 aliphatic heterocycles. The predicted octanol–water partition coefficient (Wildman–Crippen LogP) is 4.46. The second kappa shape index (κ2) is 9.90. The minimum Gasteiger partial charge on any atom is -0.482 e. The van der Waals surface area contributed by atoms with Gasteiger partial charge >= 0.3 is 11.6 Å². The van der Waals surface area contributed by atoms with Gasteiger partial charge in [0.05, 0.1) is 0 Å². The Labute approximate surface area is 192 Å². The van der Waals surface area contributed by atoms with E-state index in [-0.39, 0.29) is 34.8 Å². The second-order valence-electron chi connectivity index (χ2n) is 9.26. The van der Waals surface area contributed by atoms with E-state index < -0.39 is 17.5 Å². The van der Waals surface area contributed by atoms with Crippen molar-refractivity contribution >= 4 is 22.8 Å². The van der Waals surface area contributed by atoms with Crippen LogP contribution in [0.3, 0.4) is 0 Å². The van der Waals surface area contributed by atoms with E-state index in [0.29, 0.717) is 17.7 Å². The highest BCUT2D eigenvalue weighted by Crippen LogP contribution is 2.31. The van der Waals surface area contributed by atoms with E-state index in [0.717, 1.165) is 5.56 Å². The molecule has 7 nitrogen and oxygen atoms in total. The first kappa shape index (κ1) is 24.0. The molecule has 0 radical (unpaired) electrons. The van der Waals surface area contributed by atoms with Crippen molar-refractivity contribution in [3.05, 3.63) is 70.1 Å². The monoisotopic (exact) mass is 451 g/mol. The third kappa shape index (κ3) is 6.22. The Kier molecular flexibility index (Phi) is 7.21. The van der Waals surface area contributed by atoms with Crippen LogP contribution in [0.15, 0.2) is 57.7 Å². The molecule has 0 aliphatic rings. The highest BCUT2D eigenvalue weighted by atomic mass is 16.6. The summed E-state index contributed by atoms with van der Waals surface area (Å²) in [6.45, 7) is 10.3. The smallest absolute Gasteiger partial charge is 0.349 e. The molecule has 0 bridgehead atoms. The third-order valence-corrected chi connectivity index (χ3v) is 4.90. The SMILES string of the molecule is CC(C)CNC(=O)c1cc2ccc(OC(=O)COc3ccccc3C(C)(C)C)cc2oc1=O. The molecule has 1 amide bonds. The van der Waals surface area contributed by atoms with Gasteiger partial charge in [-0.1, -0.05) is 52.8 Å². The molecular formula is C26H29NO6. The van der Waals surface area contributed by atoms with Gasteiger partial charge in [-0.05, 0) is 41.2 Å². The maximum absolute atomic E-state index is 12.3. The lowest BCUT2D eigenvalue weighted by molar-refractivity contribution is -0.136. The Balaban J connectivity index is 1.70. The van der Waals surface area contributed by atoms with E-state index in [4.69, 9.17) is 13.9 Å². The number of esters is 1. The summed E-state index contributed by atoms with van der Waals surface area (Å²) >= 11 is 0. The van der Waals surface area contributed by atoms with Crippen LogP contribution in [0.25, 0.3) is 11.0 Å². The largest absolute Gasteiger partial charge is 0.482 e. The van der Waals surface area contributed by atoms with Gasteiger partial charge in [-0.3, -0.25) is 4.79 Å². The molecular weight excluding hydrogens is 422 g/mol. The maximum atomic E-state index is 12.3. The Morgan fingerprint density at radius 2 is 1.79 bits per heavy atom. The molecule has 1 aromatic heterocycles. The van der Waals surface area contributed by atoms with Gasteiger partial charge in [0.1, 0.15) is 22.6 Å². The van der Waals surface area contributed by atoms with E-state index in [1.165, 1.54) is 12.1 Å². The van der Waals surface area contributed by atoms with Crippen molar-refractivity contribution in [3.8, 4) is 11.5 Å². The van der Waals surface area contributed by atoms with Crippen molar-refractivity contribution in [2.24, 2.45) is 5.92 Å². The van der Waals surface area contributed by atoms with Crippen molar-refractivity contribution in [1.82, 2.24) is 5.32 Å². The number of para-hydroxylation sites is 1. The first-order chi connectivity index (χ1) is 15.5. The fraction of sp³-hybridized carbons (Fsp3) is 0.346. The standard InChI is InChI=1S/C26H29NO6/c1-16(2)14-27-24(29)19-12-17-10-11-18(13-22(17)33-25(19)30)32-23(28)15-31-21-9-7-6-8-20(21)26(3,4)5/h6-13,16H,14-15H2,1-5H3,(H,27,29). The summed E-state index contributed by atoms with van der Waals surface area (Å²) < 4.78 is 16.3. The quantitative estimate of drug-likeness (QED) is 0.324. The fourth-order valence-corrected chi connectivity index (χ4v) is 3.22. The van der Waals surface area contributed by atoms with Gasteiger partial charge in [0, 0.05) is 18.0 Å². The molecule has 174 valence electrons. The first-order valence-electron chi connectivity index (χ1n) is 10.8. The van der Waals surface area contributed by atoms with Crippen molar-refractivity contribution < 1.29 is 23.5 Å². The summed E-state index contributed by atoms with van der Waals surface area (Å²) in [5.74, 6) is 0.00680. The molecule has 0 fully saturated rings. The van der Waals surface area contributed by atoms with Crippen LogP contribution in [-0.2, 0) is 10.2 Å². The Bertz CT molecular complexity index is 1220. The Morgan fingerprint density at radius 1 is 1.06 bits per heavy atom. The van der Waals surface area contributed by atoms with Gasteiger partial charge in [-0.25, -0.2) is 9.59 Å². The Morgan fingerprint density at radius 3 is 2.48 bits per heavy atom. The molecule has 1 N–H and O–H groups in total. The number of hydrogen-bond acceptors (Lipinski definition) is 6. The van der Waals surface area contributed by atoms with Crippen LogP contribution in [0.1, 0.15) is 50.5 Å². The van der Waals surface area contributed by atoms with E-state index >= 15 is 0 Å². The highest BCUT2D eigenvalue weighted by molar-refractivity contribution is 5.96. The number of amides is 1. The molecule has 3 aromatic rings. The number of ether oxygens (including phenoxy) is 2. The topological polar surface area (TPSA) is 94.8 Å². The van der Waals surface area contributed by atoms with Crippen molar-refractivity contribution in [2.75, 3.05) is 13.2 Å². The second-order valence-corrected chi connectivity index (χ2v) is 9.26. The fourth-order valence-electron chi connectivity index (χ4n) is 3.22. The number of carbonyl (C=O) groups is 2. The van der Waals surface area contributed by atoms with Crippen molar-refractivity contribution in [1.29, 1.82) is 0 Å². The lowest BCUT2D eigenvalue weighted by atomic mass is 9.86. The minimum absolute atomic E-state index is 0.0705. The van der Waals surface area contributed by atoms with E-state index in [1.54, 1.807) is 12.1 Å². The van der Waals surface area contributed by atoms with Crippen molar-refractivity contribution in [3.63, 3.8) is 0 Å². The van der Waals surface area contributed by atoms with Gasteiger partial charge in [-0.15, -0.1) is 0 Å². The number of benzene rings is 2. The van der Waals surface area contributed by atoms with Crippen LogP contribution in [-0.4, -0.2) is 25.0 Å². The Hall–Kier alpha value is -3.61. The number of fused-ring (bicyclic) bond motifs is 1. The zero-order valence-corrected chi connectivity index (χ0v) is 19.6. The summed E-state index contributed by atoms with van der Waals surface area (Å²) in [5, 5.41) is 3.24. The third-order valence-electron chi connectivity index (χ3n) is 4.90. The number of carbonyl (C=O) groups excluding carboxylic acids is 2. The molecule has 0 saturated carbocycles. The number of nitrogens with one attached hydrogen (secondary N) is 1.